The van der Waals surface area contributed by atoms with Crippen molar-refractivity contribution in [1.29, 1.82) is 0 Å². The Labute approximate surface area is 192 Å². The van der Waals surface area contributed by atoms with Gasteiger partial charge in [-0.25, -0.2) is 4.98 Å². The molecule has 0 spiro atoms. The Bertz CT molecular complexity index is 1240. The van der Waals surface area contributed by atoms with E-state index in [1.165, 1.54) is 16.9 Å². The first-order chi connectivity index (χ1) is 15.1. The summed E-state index contributed by atoms with van der Waals surface area (Å²) in [5.74, 6) is 0.0635. The summed E-state index contributed by atoms with van der Waals surface area (Å²) in [5, 5.41) is 3.95. The molecule has 5 nitrogen and oxygen atoms in total. The zero-order valence-electron chi connectivity index (χ0n) is 19.2. The fraction of sp³-hybridized carbons (Fsp3) is 0.346. The highest BCUT2D eigenvalue weighted by Crippen LogP contribution is 2.30. The minimum Gasteiger partial charge on any atom is -0.350 e. The number of carbonyl (C=O) groups excluding carboxylic acids is 1. The lowest BCUT2D eigenvalue weighted by Crippen LogP contribution is -2.23. The Balaban J connectivity index is 1.77. The van der Waals surface area contributed by atoms with Crippen LogP contribution in [0.1, 0.15) is 61.1 Å². The third kappa shape index (κ3) is 4.60. The van der Waals surface area contributed by atoms with Crippen LogP contribution in [0.4, 0.5) is 0 Å². The minimum absolute atomic E-state index is 0.0469. The molecule has 0 saturated carbocycles. The summed E-state index contributed by atoms with van der Waals surface area (Å²) in [7, 11) is 0. The molecule has 2 aromatic heterocycles. The van der Waals surface area contributed by atoms with Crippen LogP contribution in [0, 0.1) is 13.8 Å². The lowest BCUT2D eigenvalue weighted by Gasteiger charge is -2.20. The molecule has 0 unspecified atom stereocenters. The molecule has 1 aliphatic rings. The summed E-state index contributed by atoms with van der Waals surface area (Å²) in [6.07, 6.45) is 3.34. The van der Waals surface area contributed by atoms with Crippen molar-refractivity contribution < 1.29 is 4.79 Å². The second-order valence-electron chi connectivity index (χ2n) is 9.38. The van der Waals surface area contributed by atoms with Crippen molar-refractivity contribution in [2.24, 2.45) is 0 Å². The molecule has 1 saturated heterocycles. The van der Waals surface area contributed by atoms with Crippen LogP contribution >= 0.6 is 11.3 Å². The average Bonchev–Trinajstić information content (AvgIpc) is 3.29. The van der Waals surface area contributed by atoms with Gasteiger partial charge in [0.2, 0.25) is 5.91 Å². The van der Waals surface area contributed by atoms with Crippen molar-refractivity contribution in [2.75, 3.05) is 0 Å². The van der Waals surface area contributed by atoms with Crippen molar-refractivity contribution in [3.8, 4) is 10.4 Å². The van der Waals surface area contributed by atoms with Crippen molar-refractivity contribution in [2.45, 2.75) is 58.9 Å². The third-order valence-electron chi connectivity index (χ3n) is 5.81. The van der Waals surface area contributed by atoms with Crippen LogP contribution in [-0.2, 0) is 10.2 Å². The SMILES string of the molecule is Cc1nc(C)c(-c2ccc(C(=C[C@H]3CCC(=O)N3)c3ccc(C(C)(C)C)cc3)[nH]c2=O)s1. The second kappa shape index (κ2) is 8.51. The second-order valence-corrected chi connectivity index (χ2v) is 10.6. The van der Waals surface area contributed by atoms with Crippen LogP contribution in [0.5, 0.6) is 0 Å². The summed E-state index contributed by atoms with van der Waals surface area (Å²) in [5.41, 5.74) is 5.33. The van der Waals surface area contributed by atoms with Crippen LogP contribution in [0.3, 0.4) is 0 Å². The zero-order valence-corrected chi connectivity index (χ0v) is 20.0. The first-order valence-corrected chi connectivity index (χ1v) is 11.7. The normalized spacial score (nSPS) is 17.0. The summed E-state index contributed by atoms with van der Waals surface area (Å²) in [6.45, 7) is 10.4. The van der Waals surface area contributed by atoms with Crippen LogP contribution in [-0.4, -0.2) is 21.9 Å². The summed E-state index contributed by atoms with van der Waals surface area (Å²) >= 11 is 1.53. The smallest absolute Gasteiger partial charge is 0.257 e. The first-order valence-electron chi connectivity index (χ1n) is 10.9. The van der Waals surface area contributed by atoms with E-state index in [9.17, 15) is 9.59 Å². The maximum absolute atomic E-state index is 13.0. The maximum Gasteiger partial charge on any atom is 0.257 e. The number of hydrogen-bond acceptors (Lipinski definition) is 4. The van der Waals surface area contributed by atoms with Gasteiger partial charge >= 0.3 is 0 Å². The van der Waals surface area contributed by atoms with Gasteiger partial charge in [-0.1, -0.05) is 51.1 Å². The van der Waals surface area contributed by atoms with Gasteiger partial charge in [0.1, 0.15) is 0 Å². The number of nitrogens with zero attached hydrogens (tertiary/aromatic N) is 1. The Morgan fingerprint density at radius 3 is 2.34 bits per heavy atom. The summed E-state index contributed by atoms with van der Waals surface area (Å²) in [6, 6.07) is 12.2. The number of H-pyrrole nitrogens is 1. The van der Waals surface area contributed by atoms with E-state index in [1.807, 2.05) is 26.0 Å². The highest BCUT2D eigenvalue weighted by molar-refractivity contribution is 7.15. The van der Waals surface area contributed by atoms with E-state index in [2.05, 4.69) is 66.4 Å². The van der Waals surface area contributed by atoms with Crippen LogP contribution in [0.15, 0.2) is 47.3 Å². The molecule has 0 aliphatic carbocycles. The number of thiazole rings is 1. The van der Waals surface area contributed by atoms with Crippen LogP contribution in [0.2, 0.25) is 0 Å². The maximum atomic E-state index is 13.0. The number of aromatic nitrogens is 2. The Morgan fingerprint density at radius 1 is 1.09 bits per heavy atom. The Hall–Kier alpha value is -2.99. The molecular formula is C26H29N3O2S. The number of nitrogens with one attached hydrogen (secondary N) is 2. The largest absolute Gasteiger partial charge is 0.350 e. The molecule has 2 N–H and O–H groups in total. The molecule has 1 aliphatic heterocycles. The van der Waals surface area contributed by atoms with E-state index in [4.69, 9.17) is 0 Å². The molecule has 6 heteroatoms. The molecule has 3 heterocycles. The number of pyridine rings is 1. The monoisotopic (exact) mass is 447 g/mol. The number of hydrogen-bond donors (Lipinski definition) is 2. The topological polar surface area (TPSA) is 74.8 Å². The van der Waals surface area contributed by atoms with Crippen LogP contribution < -0.4 is 10.9 Å². The van der Waals surface area contributed by atoms with Gasteiger partial charge in [0, 0.05) is 23.7 Å². The van der Waals surface area contributed by atoms with E-state index in [-0.39, 0.29) is 22.9 Å². The number of aromatic amines is 1. The molecule has 0 radical (unpaired) electrons. The van der Waals surface area contributed by atoms with Crippen molar-refractivity contribution in [3.05, 3.63) is 80.4 Å². The Kier molecular flexibility index (Phi) is 5.91. The Morgan fingerprint density at radius 2 is 1.81 bits per heavy atom. The molecule has 1 amide bonds. The third-order valence-corrected chi connectivity index (χ3v) is 6.91. The van der Waals surface area contributed by atoms with Crippen LogP contribution in [0.25, 0.3) is 16.0 Å². The molecule has 1 fully saturated rings. The van der Waals surface area contributed by atoms with Gasteiger partial charge in [0.05, 0.1) is 21.1 Å². The van der Waals surface area contributed by atoms with Gasteiger partial charge in [-0.05, 0) is 48.9 Å². The van der Waals surface area contributed by atoms with Gasteiger partial charge in [-0.3, -0.25) is 9.59 Å². The highest BCUT2D eigenvalue weighted by atomic mass is 32.1. The van der Waals surface area contributed by atoms with E-state index >= 15 is 0 Å². The van der Waals surface area contributed by atoms with E-state index in [0.29, 0.717) is 12.0 Å². The van der Waals surface area contributed by atoms with Gasteiger partial charge < -0.3 is 10.3 Å². The summed E-state index contributed by atoms with van der Waals surface area (Å²) in [4.78, 5) is 33.2. The molecule has 1 atom stereocenters. The molecule has 3 aromatic rings. The summed E-state index contributed by atoms with van der Waals surface area (Å²) < 4.78 is 0. The molecule has 32 heavy (non-hydrogen) atoms. The van der Waals surface area contributed by atoms with E-state index < -0.39 is 0 Å². The van der Waals surface area contributed by atoms with Gasteiger partial charge in [0.15, 0.2) is 0 Å². The standard InChI is InChI=1S/C26H29N3O2S/c1-15-24(32-16(2)27-15)20-11-12-22(29-25(20)31)21(14-19-10-13-23(30)28-19)17-6-8-18(9-7-17)26(3,4)5/h6-9,11-12,14,19H,10,13H2,1-5H3,(H,28,30)(H,29,31)/t19-/m1/s1. The predicted molar refractivity (Wildman–Crippen MR) is 131 cm³/mol. The highest BCUT2D eigenvalue weighted by Gasteiger charge is 2.21. The van der Waals surface area contributed by atoms with E-state index in [0.717, 1.165) is 38.8 Å². The minimum atomic E-state index is -0.137. The first kappa shape index (κ1) is 22.2. The molecule has 4 rings (SSSR count). The lowest BCUT2D eigenvalue weighted by molar-refractivity contribution is -0.119. The predicted octanol–water partition coefficient (Wildman–Crippen LogP) is 5.12. The molecular weight excluding hydrogens is 418 g/mol. The van der Waals surface area contributed by atoms with E-state index in [1.54, 1.807) is 0 Å². The zero-order chi connectivity index (χ0) is 23.0. The van der Waals surface area contributed by atoms with Crippen molar-refractivity contribution in [3.63, 3.8) is 0 Å². The number of aryl methyl sites for hydroxylation is 2. The molecule has 0 bridgehead atoms. The van der Waals surface area contributed by atoms with Gasteiger partial charge in [0.25, 0.3) is 5.56 Å². The van der Waals surface area contributed by atoms with Crippen molar-refractivity contribution >= 4 is 22.8 Å². The fourth-order valence-corrected chi connectivity index (χ4v) is 4.99. The number of carbonyl (C=O) groups is 1. The van der Waals surface area contributed by atoms with Gasteiger partial charge in [-0.2, -0.15) is 0 Å². The number of amides is 1. The molecule has 1 aromatic carbocycles. The van der Waals surface area contributed by atoms with Crippen molar-refractivity contribution in [1.82, 2.24) is 15.3 Å². The molecule has 166 valence electrons. The number of benzene rings is 1. The lowest BCUT2D eigenvalue weighted by atomic mass is 9.86. The fourth-order valence-electron chi connectivity index (χ4n) is 4.05. The quantitative estimate of drug-likeness (QED) is 0.583. The average molecular weight is 448 g/mol. The number of rotatable bonds is 4. The van der Waals surface area contributed by atoms with Gasteiger partial charge in [-0.15, -0.1) is 11.3 Å².